The SMILES string of the molecule is CC(C)(C)c1nc2c(C(=O)O)cccn2c1N=O. The number of imidazole rings is 1. The molecule has 2 aromatic rings. The summed E-state index contributed by atoms with van der Waals surface area (Å²) in [7, 11) is 0. The number of carboxylic acids is 1. The van der Waals surface area contributed by atoms with Gasteiger partial charge in [-0.05, 0) is 17.3 Å². The molecule has 6 nitrogen and oxygen atoms in total. The van der Waals surface area contributed by atoms with Gasteiger partial charge in [-0.25, -0.2) is 9.78 Å². The first-order chi connectivity index (χ1) is 8.36. The molecule has 0 unspecified atom stereocenters. The lowest BCUT2D eigenvalue weighted by atomic mass is 9.92. The number of hydrogen-bond acceptors (Lipinski definition) is 4. The van der Waals surface area contributed by atoms with E-state index in [9.17, 15) is 9.70 Å². The highest BCUT2D eigenvalue weighted by Gasteiger charge is 2.26. The topological polar surface area (TPSA) is 84.0 Å². The molecule has 0 bridgehead atoms. The predicted molar refractivity (Wildman–Crippen MR) is 66.3 cm³/mol. The zero-order valence-electron chi connectivity index (χ0n) is 10.3. The standard InChI is InChI=1S/C12H13N3O3/c1-12(2,3)8-10(14-18)15-6-4-5-7(11(16)17)9(15)13-8/h4-6H,1-3H3,(H,16,17). The van der Waals surface area contributed by atoms with Crippen LogP contribution in [0.3, 0.4) is 0 Å². The normalized spacial score (nSPS) is 11.7. The molecule has 2 rings (SSSR count). The van der Waals surface area contributed by atoms with Crippen molar-refractivity contribution in [2.45, 2.75) is 26.2 Å². The van der Waals surface area contributed by atoms with Gasteiger partial charge in [-0.15, -0.1) is 4.91 Å². The number of carboxylic acid groups (broad SMARTS) is 1. The molecule has 0 spiro atoms. The Kier molecular flexibility index (Phi) is 2.65. The van der Waals surface area contributed by atoms with Crippen LogP contribution < -0.4 is 0 Å². The van der Waals surface area contributed by atoms with Crippen molar-refractivity contribution in [1.29, 1.82) is 0 Å². The summed E-state index contributed by atoms with van der Waals surface area (Å²) in [6, 6.07) is 3.00. The fraction of sp³-hybridized carbons (Fsp3) is 0.333. The molecule has 1 N–H and O–H groups in total. The lowest BCUT2D eigenvalue weighted by Crippen LogP contribution is -2.11. The highest BCUT2D eigenvalue weighted by molar-refractivity contribution is 5.94. The minimum absolute atomic E-state index is 0.0536. The van der Waals surface area contributed by atoms with Gasteiger partial charge < -0.3 is 5.11 Å². The van der Waals surface area contributed by atoms with Crippen molar-refractivity contribution in [1.82, 2.24) is 9.38 Å². The molecule has 18 heavy (non-hydrogen) atoms. The molecular formula is C12H13N3O3. The van der Waals surface area contributed by atoms with Gasteiger partial charge in [0.1, 0.15) is 5.56 Å². The van der Waals surface area contributed by atoms with Crippen LogP contribution in [0.4, 0.5) is 5.82 Å². The molecule has 0 atom stereocenters. The number of aromatic carboxylic acids is 1. The molecule has 6 heteroatoms. The summed E-state index contributed by atoms with van der Waals surface area (Å²) in [6.07, 6.45) is 1.58. The van der Waals surface area contributed by atoms with Crippen LogP contribution in [0.1, 0.15) is 36.8 Å². The van der Waals surface area contributed by atoms with Crippen LogP contribution in [-0.4, -0.2) is 20.5 Å². The van der Waals surface area contributed by atoms with E-state index in [1.807, 2.05) is 20.8 Å². The highest BCUT2D eigenvalue weighted by atomic mass is 16.4. The van der Waals surface area contributed by atoms with Gasteiger partial charge >= 0.3 is 5.97 Å². The van der Waals surface area contributed by atoms with E-state index in [-0.39, 0.29) is 22.4 Å². The monoisotopic (exact) mass is 247 g/mol. The summed E-state index contributed by atoms with van der Waals surface area (Å²) >= 11 is 0. The van der Waals surface area contributed by atoms with Crippen LogP contribution in [0.5, 0.6) is 0 Å². The largest absolute Gasteiger partial charge is 0.478 e. The molecule has 0 fully saturated rings. The van der Waals surface area contributed by atoms with Crippen molar-refractivity contribution in [2.75, 3.05) is 0 Å². The van der Waals surface area contributed by atoms with Crippen LogP contribution in [0.15, 0.2) is 23.5 Å². The van der Waals surface area contributed by atoms with E-state index in [1.54, 1.807) is 12.3 Å². The number of aromatic nitrogens is 2. The van der Waals surface area contributed by atoms with Crippen LogP contribution >= 0.6 is 0 Å². The minimum atomic E-state index is -1.08. The third-order valence-electron chi connectivity index (χ3n) is 2.65. The van der Waals surface area contributed by atoms with Gasteiger partial charge in [0, 0.05) is 11.6 Å². The minimum Gasteiger partial charge on any atom is -0.478 e. The van der Waals surface area contributed by atoms with Crippen LogP contribution in [-0.2, 0) is 5.41 Å². The van der Waals surface area contributed by atoms with Gasteiger partial charge in [0.2, 0.25) is 5.82 Å². The van der Waals surface area contributed by atoms with Crippen LogP contribution in [0.25, 0.3) is 5.65 Å². The molecule has 2 aromatic heterocycles. The van der Waals surface area contributed by atoms with E-state index in [1.165, 1.54) is 10.5 Å². The summed E-state index contributed by atoms with van der Waals surface area (Å²) in [6.45, 7) is 5.68. The maximum Gasteiger partial charge on any atom is 0.339 e. The number of nitroso groups, excluding NO2 is 1. The van der Waals surface area contributed by atoms with E-state index in [4.69, 9.17) is 5.11 Å². The fourth-order valence-corrected chi connectivity index (χ4v) is 1.81. The molecule has 0 aromatic carbocycles. The Balaban J connectivity index is 2.88. The Morgan fingerprint density at radius 2 is 2.11 bits per heavy atom. The number of rotatable bonds is 2. The molecule has 0 aliphatic heterocycles. The predicted octanol–water partition coefficient (Wildman–Crippen LogP) is 2.73. The molecule has 94 valence electrons. The molecule has 0 saturated carbocycles. The molecule has 0 radical (unpaired) electrons. The Morgan fingerprint density at radius 3 is 2.61 bits per heavy atom. The van der Waals surface area contributed by atoms with Crippen molar-refractivity contribution in [3.63, 3.8) is 0 Å². The number of hydrogen-bond donors (Lipinski definition) is 1. The van der Waals surface area contributed by atoms with E-state index >= 15 is 0 Å². The zero-order valence-corrected chi connectivity index (χ0v) is 10.3. The third-order valence-corrected chi connectivity index (χ3v) is 2.65. The Labute approximate surface area is 103 Å². The maximum absolute atomic E-state index is 11.1. The Bertz CT molecular complexity index is 638. The van der Waals surface area contributed by atoms with Gasteiger partial charge in [-0.2, -0.15) is 0 Å². The van der Waals surface area contributed by atoms with E-state index in [2.05, 4.69) is 10.2 Å². The van der Waals surface area contributed by atoms with Crippen LogP contribution in [0.2, 0.25) is 0 Å². The zero-order chi connectivity index (χ0) is 13.5. The number of fused-ring (bicyclic) bond motifs is 1. The molecular weight excluding hydrogens is 234 g/mol. The molecule has 0 saturated heterocycles. The number of carbonyl (C=O) groups is 1. The van der Waals surface area contributed by atoms with E-state index < -0.39 is 5.97 Å². The summed E-state index contributed by atoms with van der Waals surface area (Å²) in [4.78, 5) is 26.3. The van der Waals surface area contributed by atoms with Gasteiger partial charge in [0.25, 0.3) is 0 Å². The smallest absolute Gasteiger partial charge is 0.339 e. The van der Waals surface area contributed by atoms with Gasteiger partial charge in [-0.3, -0.25) is 4.40 Å². The molecule has 0 aliphatic rings. The highest BCUT2D eigenvalue weighted by Crippen LogP contribution is 2.32. The van der Waals surface area contributed by atoms with Crippen molar-refractivity contribution in [2.24, 2.45) is 5.18 Å². The van der Waals surface area contributed by atoms with E-state index in [0.29, 0.717) is 5.69 Å². The first kappa shape index (κ1) is 12.2. The summed E-state index contributed by atoms with van der Waals surface area (Å²) in [5.41, 5.74) is 0.402. The summed E-state index contributed by atoms with van der Waals surface area (Å²) in [5.74, 6) is -0.927. The summed E-state index contributed by atoms with van der Waals surface area (Å²) < 4.78 is 1.41. The number of nitrogens with zero attached hydrogens (tertiary/aromatic N) is 3. The quantitative estimate of drug-likeness (QED) is 0.827. The first-order valence-corrected chi connectivity index (χ1v) is 5.44. The van der Waals surface area contributed by atoms with Gasteiger partial charge in [0.05, 0.1) is 5.69 Å². The average molecular weight is 247 g/mol. The van der Waals surface area contributed by atoms with Crippen molar-refractivity contribution in [3.05, 3.63) is 34.5 Å². The van der Waals surface area contributed by atoms with Gasteiger partial charge in [0.15, 0.2) is 5.65 Å². The first-order valence-electron chi connectivity index (χ1n) is 5.44. The van der Waals surface area contributed by atoms with Crippen LogP contribution in [0, 0.1) is 4.91 Å². The van der Waals surface area contributed by atoms with Crippen molar-refractivity contribution in [3.8, 4) is 0 Å². The second-order valence-corrected chi connectivity index (χ2v) is 5.05. The number of pyridine rings is 1. The van der Waals surface area contributed by atoms with Gasteiger partial charge in [-0.1, -0.05) is 20.8 Å². The second-order valence-electron chi connectivity index (χ2n) is 5.05. The Hall–Kier alpha value is -2.24. The third kappa shape index (κ3) is 1.75. The lowest BCUT2D eigenvalue weighted by molar-refractivity contribution is 0.0698. The molecule has 0 aliphatic carbocycles. The van der Waals surface area contributed by atoms with Crippen molar-refractivity contribution >= 4 is 17.4 Å². The second kappa shape index (κ2) is 3.90. The van der Waals surface area contributed by atoms with E-state index in [0.717, 1.165) is 0 Å². The fourth-order valence-electron chi connectivity index (χ4n) is 1.81. The maximum atomic E-state index is 11.1. The lowest BCUT2D eigenvalue weighted by Gasteiger charge is -2.14. The Morgan fingerprint density at radius 1 is 1.44 bits per heavy atom. The van der Waals surface area contributed by atoms with Crippen molar-refractivity contribution < 1.29 is 9.90 Å². The molecule has 2 heterocycles. The molecule has 0 amide bonds. The summed E-state index contributed by atoms with van der Waals surface area (Å²) in [5, 5.41) is 12.1. The average Bonchev–Trinajstić information content (AvgIpc) is 2.66.